The summed E-state index contributed by atoms with van der Waals surface area (Å²) in [6.07, 6.45) is 0.334. The van der Waals surface area contributed by atoms with Crippen molar-refractivity contribution in [3.8, 4) is 5.75 Å². The van der Waals surface area contributed by atoms with Gasteiger partial charge in [-0.3, -0.25) is 4.79 Å². The third kappa shape index (κ3) is 4.63. The number of benzene rings is 2. The Kier molecular flexibility index (Phi) is 5.38. The fourth-order valence-corrected chi connectivity index (χ4v) is 2.11. The van der Waals surface area contributed by atoms with Crippen LogP contribution in [0.3, 0.4) is 0 Å². The molecule has 0 aromatic heterocycles. The van der Waals surface area contributed by atoms with Crippen LogP contribution in [0, 0.1) is 6.92 Å². The van der Waals surface area contributed by atoms with Gasteiger partial charge in [-0.2, -0.15) is 0 Å². The molecule has 0 aliphatic carbocycles. The summed E-state index contributed by atoms with van der Waals surface area (Å²) < 4.78 is 5.59. The van der Waals surface area contributed by atoms with Crippen molar-refractivity contribution in [2.75, 3.05) is 6.54 Å². The van der Waals surface area contributed by atoms with Crippen molar-refractivity contribution >= 4 is 5.91 Å². The molecule has 0 aliphatic rings. The van der Waals surface area contributed by atoms with Crippen molar-refractivity contribution in [2.24, 2.45) is 0 Å². The van der Waals surface area contributed by atoms with E-state index in [1.807, 2.05) is 42.5 Å². The summed E-state index contributed by atoms with van der Waals surface area (Å²) in [5.74, 6) is 0.617. The van der Waals surface area contributed by atoms with E-state index < -0.39 is 6.10 Å². The van der Waals surface area contributed by atoms with Gasteiger partial charge in [0.05, 0.1) is 0 Å². The smallest absolute Gasteiger partial charge is 0.260 e. The highest BCUT2D eigenvalue weighted by molar-refractivity contribution is 5.80. The number of nitrogens with one attached hydrogen (secondary N) is 1. The molecular weight excluding hydrogens is 262 g/mol. The Hall–Kier alpha value is -2.29. The zero-order chi connectivity index (χ0) is 15.1. The number of carbonyl (C=O) groups excluding carboxylic acids is 1. The van der Waals surface area contributed by atoms with Gasteiger partial charge in [0.2, 0.25) is 0 Å². The number of hydrogen-bond acceptors (Lipinski definition) is 2. The van der Waals surface area contributed by atoms with Crippen LogP contribution in [0.1, 0.15) is 18.1 Å². The lowest BCUT2D eigenvalue weighted by molar-refractivity contribution is -0.127. The molecule has 110 valence electrons. The van der Waals surface area contributed by atoms with Crippen LogP contribution >= 0.6 is 0 Å². The summed E-state index contributed by atoms with van der Waals surface area (Å²) in [4.78, 5) is 12.0. The molecule has 0 heterocycles. The number of hydrogen-bond donors (Lipinski definition) is 1. The van der Waals surface area contributed by atoms with Crippen LogP contribution in [0.4, 0.5) is 0 Å². The van der Waals surface area contributed by atoms with Gasteiger partial charge in [0.1, 0.15) is 5.75 Å². The van der Waals surface area contributed by atoms with Crippen molar-refractivity contribution in [1.29, 1.82) is 0 Å². The summed E-state index contributed by atoms with van der Waals surface area (Å²) >= 11 is 0. The maximum absolute atomic E-state index is 12.0. The van der Waals surface area contributed by atoms with E-state index >= 15 is 0 Å². The maximum Gasteiger partial charge on any atom is 0.260 e. The molecule has 2 aromatic rings. The lowest BCUT2D eigenvalue weighted by Gasteiger charge is -2.15. The third-order valence-corrected chi connectivity index (χ3v) is 3.38. The van der Waals surface area contributed by atoms with E-state index in [1.165, 1.54) is 11.1 Å². The molecule has 0 spiro atoms. The van der Waals surface area contributed by atoms with Gasteiger partial charge in [0.15, 0.2) is 6.10 Å². The molecule has 3 heteroatoms. The van der Waals surface area contributed by atoms with E-state index in [2.05, 4.69) is 24.4 Å². The topological polar surface area (TPSA) is 38.3 Å². The van der Waals surface area contributed by atoms with Crippen molar-refractivity contribution < 1.29 is 9.53 Å². The highest BCUT2D eigenvalue weighted by Gasteiger charge is 2.13. The van der Waals surface area contributed by atoms with Gasteiger partial charge in [-0.1, -0.05) is 42.5 Å². The minimum Gasteiger partial charge on any atom is -0.481 e. The lowest BCUT2D eigenvalue weighted by atomic mass is 10.1. The first-order valence-electron chi connectivity index (χ1n) is 7.21. The molecular formula is C18H21NO2. The zero-order valence-corrected chi connectivity index (χ0v) is 12.5. The number of aryl methyl sites for hydroxylation is 1. The van der Waals surface area contributed by atoms with Crippen LogP contribution in [0.5, 0.6) is 5.75 Å². The second kappa shape index (κ2) is 7.48. The van der Waals surface area contributed by atoms with Gasteiger partial charge in [-0.25, -0.2) is 0 Å². The molecule has 1 N–H and O–H groups in total. The van der Waals surface area contributed by atoms with Gasteiger partial charge >= 0.3 is 0 Å². The fourth-order valence-electron chi connectivity index (χ4n) is 2.11. The summed E-state index contributed by atoms with van der Waals surface area (Å²) in [7, 11) is 0. The maximum atomic E-state index is 12.0. The number of amides is 1. The van der Waals surface area contributed by atoms with Gasteiger partial charge in [0, 0.05) is 6.54 Å². The van der Waals surface area contributed by atoms with Crippen LogP contribution in [0.15, 0.2) is 54.6 Å². The molecule has 0 saturated heterocycles. The summed E-state index contributed by atoms with van der Waals surface area (Å²) in [5.41, 5.74) is 2.51. The molecule has 2 rings (SSSR count). The molecule has 1 unspecified atom stereocenters. The molecule has 3 nitrogen and oxygen atoms in total. The van der Waals surface area contributed by atoms with E-state index in [-0.39, 0.29) is 5.91 Å². The molecule has 0 saturated carbocycles. The molecule has 21 heavy (non-hydrogen) atoms. The van der Waals surface area contributed by atoms with E-state index in [4.69, 9.17) is 4.74 Å². The average molecular weight is 283 g/mol. The van der Waals surface area contributed by atoms with E-state index in [9.17, 15) is 4.79 Å². The standard InChI is InChI=1S/C18H21NO2/c1-14-8-6-7-9-16(14)12-13-19-18(20)15(2)21-17-10-4-3-5-11-17/h3-11,15H,12-13H2,1-2H3,(H,19,20). The SMILES string of the molecule is Cc1ccccc1CCNC(=O)C(C)Oc1ccccc1. The molecule has 0 fully saturated rings. The van der Waals surface area contributed by atoms with Gasteiger partial charge in [0.25, 0.3) is 5.91 Å². The Bertz CT molecular complexity index is 581. The monoisotopic (exact) mass is 283 g/mol. The predicted octanol–water partition coefficient (Wildman–Crippen LogP) is 3.12. The largest absolute Gasteiger partial charge is 0.481 e. The normalized spacial score (nSPS) is 11.7. The van der Waals surface area contributed by atoms with Crippen LogP contribution in [0.25, 0.3) is 0 Å². The van der Waals surface area contributed by atoms with E-state index in [0.29, 0.717) is 12.3 Å². The first-order valence-corrected chi connectivity index (χ1v) is 7.21. The molecule has 1 amide bonds. The Labute approximate surface area is 126 Å². The molecule has 2 aromatic carbocycles. The molecule has 0 radical (unpaired) electrons. The highest BCUT2D eigenvalue weighted by Crippen LogP contribution is 2.11. The van der Waals surface area contributed by atoms with Crippen molar-refractivity contribution in [3.63, 3.8) is 0 Å². The Morgan fingerprint density at radius 2 is 1.76 bits per heavy atom. The van der Waals surface area contributed by atoms with E-state index in [1.54, 1.807) is 6.92 Å². The Morgan fingerprint density at radius 1 is 1.10 bits per heavy atom. The minimum atomic E-state index is -0.496. The second-order valence-electron chi connectivity index (χ2n) is 5.04. The summed E-state index contributed by atoms with van der Waals surface area (Å²) in [6.45, 7) is 4.46. The Balaban J connectivity index is 1.78. The number of rotatable bonds is 6. The van der Waals surface area contributed by atoms with Crippen LogP contribution in [-0.4, -0.2) is 18.6 Å². The van der Waals surface area contributed by atoms with Gasteiger partial charge in [-0.05, 0) is 43.5 Å². The van der Waals surface area contributed by atoms with E-state index in [0.717, 1.165) is 6.42 Å². The molecule has 1 atom stereocenters. The first-order chi connectivity index (χ1) is 10.2. The first kappa shape index (κ1) is 15.1. The number of ether oxygens (including phenoxy) is 1. The lowest BCUT2D eigenvalue weighted by Crippen LogP contribution is -2.37. The van der Waals surface area contributed by atoms with Crippen LogP contribution < -0.4 is 10.1 Å². The van der Waals surface area contributed by atoms with Gasteiger partial charge in [-0.15, -0.1) is 0 Å². The Morgan fingerprint density at radius 3 is 2.48 bits per heavy atom. The number of carbonyl (C=O) groups is 1. The van der Waals surface area contributed by atoms with Crippen molar-refractivity contribution in [2.45, 2.75) is 26.4 Å². The zero-order valence-electron chi connectivity index (χ0n) is 12.5. The van der Waals surface area contributed by atoms with Crippen LogP contribution in [0.2, 0.25) is 0 Å². The fraction of sp³-hybridized carbons (Fsp3) is 0.278. The number of para-hydroxylation sites is 1. The van der Waals surface area contributed by atoms with Gasteiger partial charge < -0.3 is 10.1 Å². The highest BCUT2D eigenvalue weighted by atomic mass is 16.5. The quantitative estimate of drug-likeness (QED) is 0.884. The van der Waals surface area contributed by atoms with Crippen molar-refractivity contribution in [1.82, 2.24) is 5.32 Å². The summed E-state index contributed by atoms with van der Waals surface area (Å²) in [5, 5.41) is 2.91. The van der Waals surface area contributed by atoms with Crippen molar-refractivity contribution in [3.05, 3.63) is 65.7 Å². The third-order valence-electron chi connectivity index (χ3n) is 3.38. The molecule has 0 bridgehead atoms. The second-order valence-corrected chi connectivity index (χ2v) is 5.04. The minimum absolute atomic E-state index is 0.0903. The molecule has 0 aliphatic heterocycles. The summed E-state index contributed by atoms with van der Waals surface area (Å²) in [6, 6.07) is 17.6. The predicted molar refractivity (Wildman–Crippen MR) is 84.4 cm³/mol. The average Bonchev–Trinajstić information content (AvgIpc) is 2.50. The van der Waals surface area contributed by atoms with Crippen LogP contribution in [-0.2, 0) is 11.2 Å².